The maximum absolute atomic E-state index is 11.3. The molecule has 1 unspecified atom stereocenters. The van der Waals surface area contributed by atoms with E-state index in [-0.39, 0.29) is 5.91 Å². The summed E-state index contributed by atoms with van der Waals surface area (Å²) in [6, 6.07) is 3.93. The molecule has 1 aliphatic heterocycles. The zero-order valence-corrected chi connectivity index (χ0v) is 10.8. The van der Waals surface area contributed by atoms with E-state index in [4.69, 9.17) is 5.73 Å². The summed E-state index contributed by atoms with van der Waals surface area (Å²) >= 11 is 1.57. The number of rotatable bonds is 3. The van der Waals surface area contributed by atoms with Crippen LogP contribution in [-0.2, 0) is 11.2 Å². The standard InChI is InChI=1S/C12H15N3OS/c1-3-9-6-8(4-5-14-9)10-15-12(2,7-17-10)11(13)16/h4-6H,3,7H2,1-2H3,(H2,13,16). The van der Waals surface area contributed by atoms with Gasteiger partial charge in [0.1, 0.15) is 5.54 Å². The molecule has 1 aromatic rings. The van der Waals surface area contributed by atoms with Crippen molar-refractivity contribution in [3.63, 3.8) is 0 Å². The van der Waals surface area contributed by atoms with E-state index in [1.807, 2.05) is 12.1 Å². The fourth-order valence-corrected chi connectivity index (χ4v) is 2.76. The molecule has 0 fully saturated rings. The molecular weight excluding hydrogens is 234 g/mol. The Morgan fingerprint density at radius 1 is 1.65 bits per heavy atom. The van der Waals surface area contributed by atoms with Crippen molar-refractivity contribution < 1.29 is 4.79 Å². The third-order valence-electron chi connectivity index (χ3n) is 2.79. The molecule has 2 heterocycles. The number of nitrogens with two attached hydrogens (primary N) is 1. The number of carbonyl (C=O) groups is 1. The van der Waals surface area contributed by atoms with Crippen molar-refractivity contribution in [3.05, 3.63) is 29.6 Å². The van der Waals surface area contributed by atoms with Crippen LogP contribution in [0.3, 0.4) is 0 Å². The highest BCUT2D eigenvalue weighted by Gasteiger charge is 2.36. The number of hydrogen-bond donors (Lipinski definition) is 1. The van der Waals surface area contributed by atoms with Gasteiger partial charge in [0.25, 0.3) is 0 Å². The molecule has 17 heavy (non-hydrogen) atoms. The lowest BCUT2D eigenvalue weighted by molar-refractivity contribution is -0.121. The Kier molecular flexibility index (Phi) is 3.19. The van der Waals surface area contributed by atoms with Crippen LogP contribution >= 0.6 is 11.8 Å². The van der Waals surface area contributed by atoms with Gasteiger partial charge < -0.3 is 5.73 Å². The lowest BCUT2D eigenvalue weighted by Crippen LogP contribution is -2.39. The lowest BCUT2D eigenvalue weighted by atomic mass is 10.1. The van der Waals surface area contributed by atoms with E-state index in [1.54, 1.807) is 24.9 Å². The Balaban J connectivity index is 2.33. The van der Waals surface area contributed by atoms with Gasteiger partial charge in [0.15, 0.2) is 0 Å². The van der Waals surface area contributed by atoms with Crippen LogP contribution in [0, 0.1) is 0 Å². The average molecular weight is 249 g/mol. The zero-order chi connectivity index (χ0) is 12.5. The van der Waals surface area contributed by atoms with E-state index in [0.717, 1.165) is 22.7 Å². The highest BCUT2D eigenvalue weighted by atomic mass is 32.2. The number of aliphatic imine (C=N–C) groups is 1. The number of hydrogen-bond acceptors (Lipinski definition) is 4. The Morgan fingerprint density at radius 2 is 2.41 bits per heavy atom. The van der Waals surface area contributed by atoms with Crippen molar-refractivity contribution in [1.29, 1.82) is 0 Å². The van der Waals surface area contributed by atoms with Crippen LogP contribution in [0.5, 0.6) is 0 Å². The minimum absolute atomic E-state index is 0.371. The van der Waals surface area contributed by atoms with Crippen LogP contribution in [0.15, 0.2) is 23.3 Å². The molecule has 0 bridgehead atoms. The molecule has 1 atom stereocenters. The molecule has 0 spiro atoms. The molecular formula is C12H15N3OS. The van der Waals surface area contributed by atoms with E-state index >= 15 is 0 Å². The summed E-state index contributed by atoms with van der Waals surface area (Å²) in [6.45, 7) is 3.83. The number of nitrogens with zero attached hydrogens (tertiary/aromatic N) is 2. The van der Waals surface area contributed by atoms with Crippen molar-refractivity contribution in [1.82, 2.24) is 4.98 Å². The van der Waals surface area contributed by atoms with Gasteiger partial charge in [-0.1, -0.05) is 6.92 Å². The number of amides is 1. The van der Waals surface area contributed by atoms with Crippen molar-refractivity contribution in [3.8, 4) is 0 Å². The second kappa shape index (κ2) is 4.49. The smallest absolute Gasteiger partial charge is 0.245 e. The SMILES string of the molecule is CCc1cc(C2=NC(C)(C(N)=O)CS2)ccn1. The topological polar surface area (TPSA) is 68.3 Å². The first kappa shape index (κ1) is 12.1. The Morgan fingerprint density at radius 3 is 3.00 bits per heavy atom. The van der Waals surface area contributed by atoms with Crippen molar-refractivity contribution in [2.24, 2.45) is 10.7 Å². The summed E-state index contributed by atoms with van der Waals surface area (Å²) in [5.41, 5.74) is 6.64. The van der Waals surface area contributed by atoms with E-state index in [1.165, 1.54) is 0 Å². The van der Waals surface area contributed by atoms with Gasteiger partial charge in [0, 0.05) is 23.2 Å². The van der Waals surface area contributed by atoms with Gasteiger partial charge in [-0.25, -0.2) is 0 Å². The van der Waals surface area contributed by atoms with Crippen molar-refractivity contribution in [2.45, 2.75) is 25.8 Å². The first-order valence-corrected chi connectivity index (χ1v) is 6.51. The quantitative estimate of drug-likeness (QED) is 0.880. The Labute approximate surface area is 105 Å². The van der Waals surface area contributed by atoms with E-state index < -0.39 is 5.54 Å². The van der Waals surface area contributed by atoms with Crippen molar-refractivity contribution in [2.75, 3.05) is 5.75 Å². The molecule has 4 nitrogen and oxygen atoms in total. The maximum Gasteiger partial charge on any atom is 0.245 e. The number of thioether (sulfide) groups is 1. The molecule has 0 saturated heterocycles. The second-order valence-electron chi connectivity index (χ2n) is 4.23. The number of aryl methyl sites for hydroxylation is 1. The van der Waals surface area contributed by atoms with Crippen LogP contribution in [0.1, 0.15) is 25.1 Å². The first-order chi connectivity index (χ1) is 8.05. The number of primary amides is 1. The normalized spacial score (nSPS) is 23.5. The lowest BCUT2D eigenvalue weighted by Gasteiger charge is -2.13. The van der Waals surface area contributed by atoms with Crippen LogP contribution < -0.4 is 5.73 Å². The summed E-state index contributed by atoms with van der Waals surface area (Å²) in [5, 5.41) is 0.878. The molecule has 0 aliphatic carbocycles. The molecule has 0 saturated carbocycles. The molecule has 2 N–H and O–H groups in total. The van der Waals surface area contributed by atoms with Crippen LogP contribution in [0.4, 0.5) is 0 Å². The van der Waals surface area contributed by atoms with E-state index in [2.05, 4.69) is 16.9 Å². The van der Waals surface area contributed by atoms with Gasteiger partial charge in [-0.15, -0.1) is 11.8 Å². The zero-order valence-electron chi connectivity index (χ0n) is 9.93. The largest absolute Gasteiger partial charge is 0.368 e. The molecule has 1 amide bonds. The molecule has 5 heteroatoms. The van der Waals surface area contributed by atoms with Gasteiger partial charge in [-0.3, -0.25) is 14.8 Å². The predicted octanol–water partition coefficient (Wildman–Crippen LogP) is 1.38. The van der Waals surface area contributed by atoms with Crippen LogP contribution in [0.25, 0.3) is 0 Å². The van der Waals surface area contributed by atoms with E-state index in [9.17, 15) is 4.79 Å². The minimum Gasteiger partial charge on any atom is -0.368 e. The van der Waals surface area contributed by atoms with Gasteiger partial charge >= 0.3 is 0 Å². The van der Waals surface area contributed by atoms with E-state index in [0.29, 0.717) is 5.75 Å². The minimum atomic E-state index is -0.768. The second-order valence-corrected chi connectivity index (χ2v) is 5.20. The van der Waals surface area contributed by atoms with Gasteiger partial charge in [-0.05, 0) is 25.5 Å². The fourth-order valence-electron chi connectivity index (χ4n) is 1.58. The van der Waals surface area contributed by atoms with Gasteiger partial charge in [0.2, 0.25) is 5.91 Å². The third-order valence-corrected chi connectivity index (χ3v) is 4.10. The van der Waals surface area contributed by atoms with Gasteiger partial charge in [-0.2, -0.15) is 0 Å². The highest BCUT2D eigenvalue weighted by Crippen LogP contribution is 2.30. The number of carbonyl (C=O) groups excluding carboxylic acids is 1. The third kappa shape index (κ3) is 2.34. The predicted molar refractivity (Wildman–Crippen MR) is 70.2 cm³/mol. The molecule has 1 aromatic heterocycles. The average Bonchev–Trinajstić information content (AvgIpc) is 2.74. The molecule has 1 aliphatic rings. The van der Waals surface area contributed by atoms with Gasteiger partial charge in [0.05, 0.1) is 5.04 Å². The van der Waals surface area contributed by atoms with Crippen LogP contribution in [0.2, 0.25) is 0 Å². The summed E-state index contributed by atoms with van der Waals surface area (Å²) in [7, 11) is 0. The van der Waals surface area contributed by atoms with Crippen molar-refractivity contribution >= 4 is 22.7 Å². The molecule has 0 radical (unpaired) electrons. The Hall–Kier alpha value is -1.36. The maximum atomic E-state index is 11.3. The van der Waals surface area contributed by atoms with Crippen LogP contribution in [-0.4, -0.2) is 27.2 Å². The fraction of sp³-hybridized carbons (Fsp3) is 0.417. The summed E-state index contributed by atoms with van der Waals surface area (Å²) in [5.74, 6) is 0.242. The first-order valence-electron chi connectivity index (χ1n) is 5.53. The molecule has 2 rings (SSSR count). The molecule has 0 aromatic carbocycles. The number of aromatic nitrogens is 1. The number of pyridine rings is 1. The summed E-state index contributed by atoms with van der Waals surface area (Å²) in [4.78, 5) is 20.0. The highest BCUT2D eigenvalue weighted by molar-refractivity contribution is 8.14. The Bertz CT molecular complexity index is 486. The molecule has 90 valence electrons. The summed E-state index contributed by atoms with van der Waals surface area (Å²) in [6.07, 6.45) is 2.66. The summed E-state index contributed by atoms with van der Waals surface area (Å²) < 4.78 is 0. The monoisotopic (exact) mass is 249 g/mol.